The van der Waals surface area contributed by atoms with Crippen LogP contribution in [-0.4, -0.2) is 38.0 Å². The average molecular weight is 372 g/mol. The quantitative estimate of drug-likeness (QED) is 0.564. The molecule has 27 heavy (non-hydrogen) atoms. The van der Waals surface area contributed by atoms with E-state index in [4.69, 9.17) is 14.2 Å². The molecular weight excluding hydrogens is 348 g/mol. The van der Waals surface area contributed by atoms with Crippen molar-refractivity contribution >= 4 is 23.3 Å². The third kappa shape index (κ3) is 3.24. The summed E-state index contributed by atoms with van der Waals surface area (Å²) in [7, 11) is 1.58. The first kappa shape index (κ1) is 19.1. The molecule has 3 rings (SSSR count). The first-order valence-corrected chi connectivity index (χ1v) is 9.22. The van der Waals surface area contributed by atoms with Crippen LogP contribution in [0.25, 0.3) is 5.57 Å². The summed E-state index contributed by atoms with van der Waals surface area (Å²) < 4.78 is 15.6. The lowest BCUT2D eigenvalue weighted by molar-refractivity contribution is -0.171. The van der Waals surface area contributed by atoms with Gasteiger partial charge in [-0.1, -0.05) is 17.7 Å². The summed E-state index contributed by atoms with van der Waals surface area (Å²) in [5.74, 6) is -0.520. The van der Waals surface area contributed by atoms with E-state index in [1.54, 1.807) is 33.1 Å². The lowest BCUT2D eigenvalue weighted by atomic mass is 9.83. The maximum Gasteiger partial charge on any atom is 0.323 e. The molecule has 0 heterocycles. The van der Waals surface area contributed by atoms with Gasteiger partial charge in [0.2, 0.25) is 0 Å². The third-order valence-corrected chi connectivity index (χ3v) is 5.32. The van der Waals surface area contributed by atoms with Crippen LogP contribution in [-0.2, 0) is 23.9 Å². The summed E-state index contributed by atoms with van der Waals surface area (Å²) >= 11 is 0. The molecule has 0 spiro atoms. The van der Waals surface area contributed by atoms with Crippen molar-refractivity contribution < 1.29 is 28.6 Å². The van der Waals surface area contributed by atoms with Gasteiger partial charge in [0.25, 0.3) is 0 Å². The minimum Gasteiger partial charge on any atom is -0.497 e. The summed E-state index contributed by atoms with van der Waals surface area (Å²) in [4.78, 5) is 38.0. The Morgan fingerprint density at radius 1 is 1.07 bits per heavy atom. The second-order valence-electron chi connectivity index (χ2n) is 6.86. The fourth-order valence-corrected chi connectivity index (χ4v) is 4.12. The Morgan fingerprint density at radius 2 is 1.67 bits per heavy atom. The van der Waals surface area contributed by atoms with Gasteiger partial charge < -0.3 is 14.2 Å². The highest BCUT2D eigenvalue weighted by molar-refractivity contribution is 6.24. The summed E-state index contributed by atoms with van der Waals surface area (Å²) in [6.45, 7) is 3.79. The zero-order valence-electron chi connectivity index (χ0n) is 15.9. The Morgan fingerprint density at radius 3 is 2.19 bits per heavy atom. The van der Waals surface area contributed by atoms with Gasteiger partial charge in [-0.15, -0.1) is 0 Å². The van der Waals surface area contributed by atoms with Gasteiger partial charge in [-0.25, -0.2) is 0 Å². The smallest absolute Gasteiger partial charge is 0.323 e. The largest absolute Gasteiger partial charge is 0.497 e. The van der Waals surface area contributed by atoms with Crippen LogP contribution in [0.3, 0.4) is 0 Å². The van der Waals surface area contributed by atoms with Crippen molar-refractivity contribution in [3.63, 3.8) is 0 Å². The number of allylic oxidation sites excluding steroid dienone is 2. The predicted octanol–water partition coefficient (Wildman–Crippen LogP) is 2.94. The Bertz CT molecular complexity index is 771. The molecule has 1 fully saturated rings. The van der Waals surface area contributed by atoms with Crippen LogP contribution >= 0.6 is 0 Å². The first-order chi connectivity index (χ1) is 13.0. The Labute approximate surface area is 158 Å². The van der Waals surface area contributed by atoms with Crippen LogP contribution in [0, 0.1) is 11.3 Å². The van der Waals surface area contributed by atoms with Crippen molar-refractivity contribution in [2.45, 2.75) is 33.1 Å². The van der Waals surface area contributed by atoms with E-state index >= 15 is 0 Å². The highest BCUT2D eigenvalue weighted by Gasteiger charge is 2.58. The van der Waals surface area contributed by atoms with Gasteiger partial charge in [0.05, 0.1) is 20.3 Å². The SMILES string of the molecule is CCOC(=O)C1(C(=O)OCC)CC2=C(c3ccc(OC)cc3)C(=O)CC2C1. The molecule has 6 heteroatoms. The summed E-state index contributed by atoms with van der Waals surface area (Å²) in [6, 6.07) is 7.25. The van der Waals surface area contributed by atoms with Crippen molar-refractivity contribution in [2.75, 3.05) is 20.3 Å². The van der Waals surface area contributed by atoms with E-state index < -0.39 is 17.4 Å². The Hall–Kier alpha value is -2.63. The second-order valence-corrected chi connectivity index (χ2v) is 6.86. The minimum atomic E-state index is -1.36. The molecule has 2 aliphatic carbocycles. The highest BCUT2D eigenvalue weighted by Crippen LogP contribution is 2.54. The number of hydrogen-bond acceptors (Lipinski definition) is 6. The van der Waals surface area contributed by atoms with Gasteiger partial charge in [0.15, 0.2) is 11.2 Å². The topological polar surface area (TPSA) is 78.9 Å². The van der Waals surface area contributed by atoms with Crippen molar-refractivity contribution in [3.05, 3.63) is 35.4 Å². The molecule has 1 atom stereocenters. The lowest BCUT2D eigenvalue weighted by Crippen LogP contribution is -2.40. The molecule has 1 unspecified atom stereocenters. The summed E-state index contributed by atoms with van der Waals surface area (Å²) in [6.07, 6.45) is 0.727. The molecule has 0 bridgehead atoms. The standard InChI is InChI=1S/C21H24O6/c1-4-26-19(23)21(20(24)27-5-2)11-14-10-17(22)18(16(14)12-21)13-6-8-15(25-3)9-7-13/h6-9,14H,4-5,10-12H2,1-3H3. The number of hydrogen-bond donors (Lipinski definition) is 0. The van der Waals surface area contributed by atoms with E-state index in [9.17, 15) is 14.4 Å². The van der Waals surface area contributed by atoms with Crippen molar-refractivity contribution in [1.82, 2.24) is 0 Å². The molecule has 6 nitrogen and oxygen atoms in total. The van der Waals surface area contributed by atoms with Crippen LogP contribution in [0.4, 0.5) is 0 Å². The number of Topliss-reactive ketones (excluding diaryl/α,β-unsaturated/α-hetero) is 1. The third-order valence-electron chi connectivity index (χ3n) is 5.32. The zero-order valence-corrected chi connectivity index (χ0v) is 15.9. The van der Waals surface area contributed by atoms with Crippen LogP contribution in [0.5, 0.6) is 5.75 Å². The Balaban J connectivity index is 2.02. The second kappa shape index (κ2) is 7.55. The monoisotopic (exact) mass is 372 g/mol. The maximum absolute atomic E-state index is 12.7. The van der Waals surface area contributed by atoms with Gasteiger partial charge in [0, 0.05) is 12.0 Å². The summed E-state index contributed by atoms with van der Waals surface area (Å²) in [5, 5.41) is 0. The number of esters is 2. The lowest BCUT2D eigenvalue weighted by Gasteiger charge is -2.24. The number of methoxy groups -OCH3 is 1. The predicted molar refractivity (Wildman–Crippen MR) is 98.0 cm³/mol. The van der Waals surface area contributed by atoms with Crippen LogP contribution in [0.15, 0.2) is 29.8 Å². The number of carbonyl (C=O) groups is 3. The molecule has 0 aromatic heterocycles. The zero-order chi connectivity index (χ0) is 19.6. The van der Waals surface area contributed by atoms with Gasteiger partial charge in [0.1, 0.15) is 5.75 Å². The summed E-state index contributed by atoms with van der Waals surface area (Å²) in [5.41, 5.74) is 0.885. The van der Waals surface area contributed by atoms with Crippen molar-refractivity contribution in [3.8, 4) is 5.75 Å². The highest BCUT2D eigenvalue weighted by atomic mass is 16.6. The van der Waals surface area contributed by atoms with Gasteiger partial charge in [-0.3, -0.25) is 14.4 Å². The van der Waals surface area contributed by atoms with E-state index in [0.717, 1.165) is 11.1 Å². The molecule has 0 saturated heterocycles. The van der Waals surface area contributed by atoms with E-state index in [2.05, 4.69) is 0 Å². The number of rotatable bonds is 6. The van der Waals surface area contributed by atoms with Gasteiger partial charge in [-0.05, 0) is 50.3 Å². The first-order valence-electron chi connectivity index (χ1n) is 9.22. The van der Waals surface area contributed by atoms with Crippen molar-refractivity contribution in [2.24, 2.45) is 11.3 Å². The van der Waals surface area contributed by atoms with Gasteiger partial charge >= 0.3 is 11.9 Å². The molecule has 0 radical (unpaired) electrons. The Kier molecular flexibility index (Phi) is 5.35. The molecule has 144 valence electrons. The number of ketones is 1. The van der Waals surface area contributed by atoms with Gasteiger partial charge in [-0.2, -0.15) is 0 Å². The van der Waals surface area contributed by atoms with Crippen molar-refractivity contribution in [1.29, 1.82) is 0 Å². The van der Waals surface area contributed by atoms with E-state index in [-0.39, 0.29) is 37.8 Å². The molecule has 0 aliphatic heterocycles. The fourth-order valence-electron chi connectivity index (χ4n) is 4.12. The molecular formula is C21H24O6. The maximum atomic E-state index is 12.7. The molecule has 2 aliphatic rings. The molecule has 0 amide bonds. The average Bonchev–Trinajstić information content (AvgIpc) is 3.16. The fraction of sp³-hybridized carbons (Fsp3) is 0.476. The van der Waals surface area contributed by atoms with Crippen LogP contribution in [0.1, 0.15) is 38.7 Å². The molecule has 1 saturated carbocycles. The van der Waals surface area contributed by atoms with Crippen LogP contribution in [0.2, 0.25) is 0 Å². The number of fused-ring (bicyclic) bond motifs is 1. The van der Waals surface area contributed by atoms with Crippen LogP contribution < -0.4 is 4.74 Å². The minimum absolute atomic E-state index is 0.0430. The number of benzene rings is 1. The molecule has 0 N–H and O–H groups in total. The van der Waals surface area contributed by atoms with E-state index in [1.165, 1.54) is 0 Å². The van der Waals surface area contributed by atoms with E-state index in [0.29, 0.717) is 17.7 Å². The number of carbonyl (C=O) groups excluding carboxylic acids is 3. The normalized spacial score (nSPS) is 20.4. The number of ether oxygens (including phenoxy) is 3. The molecule has 1 aromatic rings. The van der Waals surface area contributed by atoms with E-state index in [1.807, 2.05) is 12.1 Å². The molecule has 1 aromatic carbocycles.